The van der Waals surface area contributed by atoms with Gasteiger partial charge in [-0.1, -0.05) is 27.7 Å². The first kappa shape index (κ1) is 17.5. The van der Waals surface area contributed by atoms with Crippen LogP contribution >= 0.6 is 0 Å². The first-order chi connectivity index (χ1) is 7.25. The Hall–Kier alpha value is -0.900. The molecular weight excluding hydrogens is 204 g/mol. The van der Waals surface area contributed by atoms with E-state index in [9.17, 15) is 9.59 Å². The maximum atomic E-state index is 11.3. The van der Waals surface area contributed by atoms with Crippen molar-refractivity contribution in [3.8, 4) is 0 Å². The molecule has 0 aliphatic rings. The zero-order chi connectivity index (χ0) is 13.4. The van der Waals surface area contributed by atoms with Crippen LogP contribution in [0.3, 0.4) is 0 Å². The lowest BCUT2D eigenvalue weighted by Crippen LogP contribution is -2.51. The lowest BCUT2D eigenvalue weighted by Gasteiger charge is -2.23. The predicted octanol–water partition coefficient (Wildman–Crippen LogP) is 1.49. The van der Waals surface area contributed by atoms with Crippen LogP contribution < -0.4 is 10.6 Å². The van der Waals surface area contributed by atoms with Crippen LogP contribution in [0.15, 0.2) is 0 Å². The summed E-state index contributed by atoms with van der Waals surface area (Å²) in [4.78, 5) is 22.4. The van der Waals surface area contributed by atoms with Gasteiger partial charge in [0.2, 0.25) is 5.91 Å². The van der Waals surface area contributed by atoms with Crippen molar-refractivity contribution < 1.29 is 9.59 Å². The number of amides is 1. The van der Waals surface area contributed by atoms with Gasteiger partial charge < -0.3 is 10.6 Å². The molecule has 0 atom stereocenters. The van der Waals surface area contributed by atoms with Crippen molar-refractivity contribution in [3.05, 3.63) is 0 Å². The highest BCUT2D eigenvalue weighted by Crippen LogP contribution is 2.02. The van der Waals surface area contributed by atoms with E-state index in [2.05, 4.69) is 10.6 Å². The summed E-state index contributed by atoms with van der Waals surface area (Å²) >= 11 is 0. The van der Waals surface area contributed by atoms with Gasteiger partial charge in [0.25, 0.3) is 0 Å². The third-order valence-electron chi connectivity index (χ3n) is 2.00. The molecule has 4 nitrogen and oxygen atoms in total. The van der Waals surface area contributed by atoms with E-state index in [4.69, 9.17) is 0 Å². The van der Waals surface area contributed by atoms with Gasteiger partial charge in [0.05, 0.1) is 12.1 Å². The fourth-order valence-electron chi connectivity index (χ4n) is 0.778. The number of nitrogens with one attached hydrogen (secondary N) is 2. The second-order valence-electron chi connectivity index (χ2n) is 4.26. The van der Waals surface area contributed by atoms with Crippen LogP contribution in [-0.4, -0.2) is 29.8 Å². The van der Waals surface area contributed by atoms with Gasteiger partial charge in [-0.15, -0.1) is 0 Å². The average Bonchev–Trinajstić information content (AvgIpc) is 2.17. The number of hydrogen-bond donors (Lipinski definition) is 2. The van der Waals surface area contributed by atoms with Crippen molar-refractivity contribution in [2.75, 3.05) is 6.54 Å². The van der Waals surface area contributed by atoms with Gasteiger partial charge in [-0.25, -0.2) is 0 Å². The SMILES string of the molecule is CC.CC(=O)C(C)(C)NC(=O)CNC(C)C. The maximum absolute atomic E-state index is 11.3. The highest BCUT2D eigenvalue weighted by molar-refractivity contribution is 5.91. The lowest BCUT2D eigenvalue weighted by molar-refractivity contribution is -0.129. The zero-order valence-corrected chi connectivity index (χ0v) is 11.6. The van der Waals surface area contributed by atoms with E-state index >= 15 is 0 Å². The molecule has 1 amide bonds. The Morgan fingerprint density at radius 3 is 1.94 bits per heavy atom. The highest BCUT2D eigenvalue weighted by atomic mass is 16.2. The number of carbonyl (C=O) groups is 2. The van der Waals surface area contributed by atoms with Crippen LogP contribution in [-0.2, 0) is 9.59 Å². The van der Waals surface area contributed by atoms with Gasteiger partial charge in [-0.2, -0.15) is 0 Å². The van der Waals surface area contributed by atoms with Crippen molar-refractivity contribution in [2.45, 2.75) is 60.0 Å². The molecule has 0 aliphatic heterocycles. The normalized spacial score (nSPS) is 10.5. The van der Waals surface area contributed by atoms with E-state index in [1.165, 1.54) is 6.92 Å². The maximum Gasteiger partial charge on any atom is 0.234 e. The van der Waals surface area contributed by atoms with Gasteiger partial charge in [-0.05, 0) is 20.8 Å². The molecule has 4 heteroatoms. The molecule has 2 N–H and O–H groups in total. The van der Waals surface area contributed by atoms with Crippen molar-refractivity contribution in [1.29, 1.82) is 0 Å². The van der Waals surface area contributed by atoms with Crippen molar-refractivity contribution in [2.24, 2.45) is 0 Å². The Morgan fingerprint density at radius 2 is 1.62 bits per heavy atom. The Morgan fingerprint density at radius 1 is 1.19 bits per heavy atom. The lowest BCUT2D eigenvalue weighted by atomic mass is 10.0. The Kier molecular flexibility index (Phi) is 9.05. The summed E-state index contributed by atoms with van der Waals surface area (Å²) in [5.41, 5.74) is -0.768. The molecule has 0 rings (SSSR count). The van der Waals surface area contributed by atoms with Gasteiger partial charge >= 0.3 is 0 Å². The molecule has 0 saturated heterocycles. The molecule has 0 unspecified atom stereocenters. The molecule has 0 spiro atoms. The second kappa shape index (κ2) is 8.28. The third-order valence-corrected chi connectivity index (χ3v) is 2.00. The first-order valence-electron chi connectivity index (χ1n) is 5.81. The quantitative estimate of drug-likeness (QED) is 0.752. The minimum absolute atomic E-state index is 0.0459. The minimum atomic E-state index is -0.768. The molecule has 0 saturated carbocycles. The molecule has 0 heterocycles. The second-order valence-corrected chi connectivity index (χ2v) is 4.26. The number of ketones is 1. The number of Topliss-reactive ketones (excluding diaryl/α,β-unsaturated/α-hetero) is 1. The van der Waals surface area contributed by atoms with E-state index in [0.717, 1.165) is 0 Å². The number of hydrogen-bond acceptors (Lipinski definition) is 3. The molecule has 0 fully saturated rings. The standard InChI is InChI=1S/C10H20N2O2.C2H6/c1-7(2)11-6-9(14)12-10(4,5)8(3)13;1-2/h7,11H,6H2,1-5H3,(H,12,14);1-2H3. The van der Waals surface area contributed by atoms with Crippen LogP contribution in [0.2, 0.25) is 0 Å². The van der Waals surface area contributed by atoms with Crippen molar-refractivity contribution in [3.63, 3.8) is 0 Å². The van der Waals surface area contributed by atoms with Crippen LogP contribution in [0.1, 0.15) is 48.5 Å². The van der Waals surface area contributed by atoms with Gasteiger partial charge in [0.15, 0.2) is 5.78 Å². The molecule has 0 aliphatic carbocycles. The van der Waals surface area contributed by atoms with Gasteiger partial charge in [-0.3, -0.25) is 9.59 Å². The molecule has 96 valence electrons. The van der Waals surface area contributed by atoms with E-state index in [1.807, 2.05) is 27.7 Å². The van der Waals surface area contributed by atoms with Crippen molar-refractivity contribution in [1.82, 2.24) is 10.6 Å². The summed E-state index contributed by atoms with van der Waals surface area (Å²) in [5, 5.41) is 5.64. The summed E-state index contributed by atoms with van der Waals surface area (Å²) < 4.78 is 0. The Labute approximate surface area is 99.2 Å². The fraction of sp³-hybridized carbons (Fsp3) is 0.833. The molecule has 0 aromatic carbocycles. The highest BCUT2D eigenvalue weighted by Gasteiger charge is 2.25. The molecule has 0 radical (unpaired) electrons. The molecule has 0 aromatic heterocycles. The van der Waals surface area contributed by atoms with Crippen molar-refractivity contribution >= 4 is 11.7 Å². The smallest absolute Gasteiger partial charge is 0.234 e. The third kappa shape index (κ3) is 8.41. The Bertz CT molecular complexity index is 223. The molecular formula is C12H26N2O2. The molecule has 0 aromatic rings. The average molecular weight is 230 g/mol. The van der Waals surface area contributed by atoms with E-state index < -0.39 is 5.54 Å². The minimum Gasteiger partial charge on any atom is -0.343 e. The van der Waals surface area contributed by atoms with Crippen LogP contribution in [0, 0.1) is 0 Å². The fourth-order valence-corrected chi connectivity index (χ4v) is 0.778. The topological polar surface area (TPSA) is 58.2 Å². The van der Waals surface area contributed by atoms with E-state index in [1.54, 1.807) is 13.8 Å². The zero-order valence-electron chi connectivity index (χ0n) is 11.6. The number of rotatable bonds is 5. The predicted molar refractivity (Wildman–Crippen MR) is 67.4 cm³/mol. The summed E-state index contributed by atoms with van der Waals surface area (Å²) in [7, 11) is 0. The summed E-state index contributed by atoms with van der Waals surface area (Å²) in [5.74, 6) is -0.200. The van der Waals surface area contributed by atoms with Crippen LogP contribution in [0.4, 0.5) is 0 Å². The van der Waals surface area contributed by atoms with Crippen LogP contribution in [0.25, 0.3) is 0 Å². The van der Waals surface area contributed by atoms with E-state index in [0.29, 0.717) is 0 Å². The van der Waals surface area contributed by atoms with Crippen LogP contribution in [0.5, 0.6) is 0 Å². The largest absolute Gasteiger partial charge is 0.343 e. The summed E-state index contributed by atoms with van der Waals surface area (Å²) in [6.45, 7) is 13.0. The van der Waals surface area contributed by atoms with Gasteiger partial charge in [0.1, 0.15) is 0 Å². The monoisotopic (exact) mass is 230 g/mol. The molecule has 0 bridgehead atoms. The number of carbonyl (C=O) groups excluding carboxylic acids is 2. The summed E-state index contributed by atoms with van der Waals surface area (Å²) in [6.07, 6.45) is 0. The Balaban J connectivity index is 0. The van der Waals surface area contributed by atoms with Gasteiger partial charge in [0, 0.05) is 6.04 Å². The first-order valence-corrected chi connectivity index (χ1v) is 5.81. The van der Waals surface area contributed by atoms with E-state index in [-0.39, 0.29) is 24.3 Å². The molecule has 16 heavy (non-hydrogen) atoms. The summed E-state index contributed by atoms with van der Waals surface area (Å²) in [6, 6.07) is 0.265.